The van der Waals surface area contributed by atoms with Gasteiger partial charge >= 0.3 is 0 Å². The van der Waals surface area contributed by atoms with Crippen LogP contribution in [0.4, 0.5) is 11.4 Å². The first-order valence-corrected chi connectivity index (χ1v) is 11.7. The van der Waals surface area contributed by atoms with E-state index in [-0.39, 0.29) is 23.3 Å². The average molecular weight is 454 g/mol. The van der Waals surface area contributed by atoms with Crippen LogP contribution in [-0.4, -0.2) is 48.8 Å². The quantitative estimate of drug-likeness (QED) is 0.552. The van der Waals surface area contributed by atoms with Gasteiger partial charge in [0.05, 0.1) is 16.8 Å². The van der Waals surface area contributed by atoms with Crippen molar-refractivity contribution in [2.24, 2.45) is 0 Å². The topological polar surface area (TPSA) is 60.9 Å². The van der Waals surface area contributed by atoms with Gasteiger partial charge in [0.2, 0.25) is 0 Å². The lowest BCUT2D eigenvalue weighted by atomic mass is 10.0. The molecule has 0 spiro atoms. The van der Waals surface area contributed by atoms with Crippen LogP contribution >= 0.6 is 0 Å². The Bertz CT molecular complexity index is 1260. The van der Waals surface area contributed by atoms with Gasteiger partial charge in [-0.1, -0.05) is 36.8 Å². The first-order chi connectivity index (χ1) is 16.5. The van der Waals surface area contributed by atoms with E-state index in [4.69, 9.17) is 0 Å². The Kier molecular flexibility index (Phi) is 5.65. The smallest absolute Gasteiger partial charge is 0.266 e. The molecule has 0 aromatic heterocycles. The number of imide groups is 1. The lowest BCUT2D eigenvalue weighted by Crippen LogP contribution is -2.48. The summed E-state index contributed by atoms with van der Waals surface area (Å²) in [5.74, 6) is -0.859. The van der Waals surface area contributed by atoms with E-state index in [0.29, 0.717) is 29.9 Å². The average Bonchev–Trinajstić information content (AvgIpc) is 3.13. The molecule has 6 heteroatoms. The van der Waals surface area contributed by atoms with E-state index < -0.39 is 0 Å². The van der Waals surface area contributed by atoms with Crippen molar-refractivity contribution < 1.29 is 14.4 Å². The second-order valence-electron chi connectivity index (χ2n) is 8.84. The van der Waals surface area contributed by atoms with Gasteiger partial charge in [-0.2, -0.15) is 0 Å². The summed E-state index contributed by atoms with van der Waals surface area (Å²) in [6.07, 6.45) is 1.01. The van der Waals surface area contributed by atoms with E-state index in [0.717, 1.165) is 25.1 Å². The second kappa shape index (κ2) is 8.78. The van der Waals surface area contributed by atoms with Crippen LogP contribution in [0.15, 0.2) is 66.7 Å². The molecule has 1 fully saturated rings. The molecule has 172 valence electrons. The number of carbonyl (C=O) groups is 3. The molecule has 34 heavy (non-hydrogen) atoms. The SMILES string of the molecule is CCc1ccc(N2CCN(C(=O)c3ccc4c(c3)C(=O)N(c3ccc(C)cc3)C4=O)CC2)cc1. The molecule has 0 unspecified atom stereocenters. The number of carbonyl (C=O) groups excluding carboxylic acids is 3. The summed E-state index contributed by atoms with van der Waals surface area (Å²) in [5.41, 5.74) is 5.12. The largest absolute Gasteiger partial charge is 0.368 e. The van der Waals surface area contributed by atoms with Gasteiger partial charge in [0.25, 0.3) is 17.7 Å². The number of piperazine rings is 1. The van der Waals surface area contributed by atoms with Gasteiger partial charge < -0.3 is 9.80 Å². The van der Waals surface area contributed by atoms with Gasteiger partial charge in [0.1, 0.15) is 0 Å². The van der Waals surface area contributed by atoms with Crippen molar-refractivity contribution in [2.45, 2.75) is 20.3 Å². The minimum atomic E-state index is -0.390. The summed E-state index contributed by atoms with van der Waals surface area (Å²) in [7, 11) is 0. The van der Waals surface area contributed by atoms with Gasteiger partial charge in [-0.3, -0.25) is 14.4 Å². The highest BCUT2D eigenvalue weighted by molar-refractivity contribution is 6.34. The minimum absolute atomic E-state index is 0.113. The van der Waals surface area contributed by atoms with E-state index >= 15 is 0 Å². The van der Waals surface area contributed by atoms with E-state index in [1.165, 1.54) is 16.2 Å². The van der Waals surface area contributed by atoms with Crippen LogP contribution in [0, 0.1) is 6.92 Å². The molecule has 2 heterocycles. The molecule has 3 aromatic rings. The standard InChI is InChI=1S/C28H27N3O3/c1-3-20-6-11-22(12-7-20)29-14-16-30(17-15-29)26(32)21-8-13-24-25(18-21)28(34)31(27(24)33)23-9-4-19(2)5-10-23/h4-13,18H,3,14-17H2,1-2H3. The molecule has 0 bridgehead atoms. The zero-order valence-corrected chi connectivity index (χ0v) is 19.5. The molecule has 3 amide bonds. The molecule has 0 aliphatic carbocycles. The lowest BCUT2D eigenvalue weighted by Gasteiger charge is -2.36. The predicted molar refractivity (Wildman–Crippen MR) is 133 cm³/mol. The van der Waals surface area contributed by atoms with E-state index in [1.807, 2.05) is 24.0 Å². The maximum atomic E-state index is 13.2. The molecule has 2 aliphatic rings. The first-order valence-electron chi connectivity index (χ1n) is 11.7. The Morgan fingerprint density at radius 2 is 1.38 bits per heavy atom. The lowest BCUT2D eigenvalue weighted by molar-refractivity contribution is 0.0746. The van der Waals surface area contributed by atoms with Gasteiger partial charge in [0, 0.05) is 37.4 Å². The molecule has 6 nitrogen and oxygen atoms in total. The van der Waals surface area contributed by atoms with Gasteiger partial charge in [-0.15, -0.1) is 0 Å². The third kappa shape index (κ3) is 3.85. The van der Waals surface area contributed by atoms with Gasteiger partial charge in [0.15, 0.2) is 0 Å². The summed E-state index contributed by atoms with van der Waals surface area (Å²) < 4.78 is 0. The van der Waals surface area contributed by atoms with Crippen LogP contribution in [0.25, 0.3) is 0 Å². The Labute approximate surface area is 199 Å². The molecule has 2 aliphatic heterocycles. The summed E-state index contributed by atoms with van der Waals surface area (Å²) in [6.45, 7) is 6.80. The van der Waals surface area contributed by atoms with Crippen LogP contribution in [-0.2, 0) is 6.42 Å². The highest BCUT2D eigenvalue weighted by Gasteiger charge is 2.37. The van der Waals surface area contributed by atoms with Crippen molar-refractivity contribution in [3.05, 3.63) is 94.5 Å². The third-order valence-electron chi connectivity index (χ3n) is 6.70. The molecular formula is C28H27N3O3. The Morgan fingerprint density at radius 1 is 0.765 bits per heavy atom. The molecule has 5 rings (SSSR count). The van der Waals surface area contributed by atoms with Crippen molar-refractivity contribution in [1.29, 1.82) is 0 Å². The van der Waals surface area contributed by atoms with Crippen molar-refractivity contribution in [3.63, 3.8) is 0 Å². The van der Waals surface area contributed by atoms with E-state index in [1.54, 1.807) is 30.3 Å². The molecular weight excluding hydrogens is 426 g/mol. The maximum absolute atomic E-state index is 13.2. The van der Waals surface area contributed by atoms with Crippen LogP contribution in [0.5, 0.6) is 0 Å². The Hall–Kier alpha value is -3.93. The number of nitrogens with zero attached hydrogens (tertiary/aromatic N) is 3. The normalized spacial score (nSPS) is 15.6. The zero-order chi connectivity index (χ0) is 23.8. The highest BCUT2D eigenvalue weighted by Crippen LogP contribution is 2.30. The Morgan fingerprint density at radius 3 is 2.03 bits per heavy atom. The maximum Gasteiger partial charge on any atom is 0.266 e. The number of hydrogen-bond acceptors (Lipinski definition) is 4. The molecule has 1 saturated heterocycles. The summed E-state index contributed by atoms with van der Waals surface area (Å²) >= 11 is 0. The summed E-state index contributed by atoms with van der Waals surface area (Å²) in [6, 6.07) is 20.7. The van der Waals surface area contributed by atoms with Crippen molar-refractivity contribution in [1.82, 2.24) is 4.90 Å². The fourth-order valence-corrected chi connectivity index (χ4v) is 4.59. The van der Waals surface area contributed by atoms with Crippen LogP contribution in [0.1, 0.15) is 49.1 Å². The number of rotatable bonds is 4. The number of hydrogen-bond donors (Lipinski definition) is 0. The monoisotopic (exact) mass is 453 g/mol. The fourth-order valence-electron chi connectivity index (χ4n) is 4.59. The number of aryl methyl sites for hydroxylation is 2. The zero-order valence-electron chi connectivity index (χ0n) is 19.5. The van der Waals surface area contributed by atoms with Crippen LogP contribution < -0.4 is 9.80 Å². The first kappa shape index (κ1) is 21.9. The van der Waals surface area contributed by atoms with Crippen molar-refractivity contribution in [3.8, 4) is 0 Å². The summed E-state index contributed by atoms with van der Waals surface area (Å²) in [4.78, 5) is 44.4. The highest BCUT2D eigenvalue weighted by atomic mass is 16.2. The second-order valence-corrected chi connectivity index (χ2v) is 8.84. The van der Waals surface area contributed by atoms with Crippen molar-refractivity contribution in [2.75, 3.05) is 36.0 Å². The molecule has 3 aromatic carbocycles. The van der Waals surface area contributed by atoms with E-state index in [9.17, 15) is 14.4 Å². The van der Waals surface area contributed by atoms with E-state index in [2.05, 4.69) is 36.1 Å². The van der Waals surface area contributed by atoms with Crippen LogP contribution in [0.3, 0.4) is 0 Å². The fraction of sp³-hybridized carbons (Fsp3) is 0.250. The van der Waals surface area contributed by atoms with Gasteiger partial charge in [-0.25, -0.2) is 4.90 Å². The predicted octanol–water partition coefficient (Wildman–Crippen LogP) is 4.32. The van der Waals surface area contributed by atoms with Gasteiger partial charge in [-0.05, 0) is 61.4 Å². The number of benzene rings is 3. The molecule has 0 N–H and O–H groups in total. The Balaban J connectivity index is 1.30. The molecule has 0 radical (unpaired) electrons. The molecule has 0 atom stereocenters. The third-order valence-corrected chi connectivity index (χ3v) is 6.70. The molecule has 0 saturated carbocycles. The van der Waals surface area contributed by atoms with Crippen molar-refractivity contribution >= 4 is 29.1 Å². The minimum Gasteiger partial charge on any atom is -0.368 e. The summed E-state index contributed by atoms with van der Waals surface area (Å²) in [5, 5.41) is 0. The number of amides is 3. The number of anilines is 2. The van der Waals surface area contributed by atoms with Crippen LogP contribution in [0.2, 0.25) is 0 Å². The number of fused-ring (bicyclic) bond motifs is 1.